The molecule has 4 amide bonds. The number of rotatable bonds is 3. The summed E-state index contributed by atoms with van der Waals surface area (Å²) in [4.78, 5) is 33.5. The molecule has 1 heterocycles. The number of benzene rings is 1. The first-order chi connectivity index (χ1) is 8.66. The largest absolute Gasteiger partial charge is 0.328 e. The van der Waals surface area contributed by atoms with E-state index in [1.807, 2.05) is 41.0 Å². The lowest BCUT2D eigenvalue weighted by molar-refractivity contribution is -0.132. The summed E-state index contributed by atoms with van der Waals surface area (Å²) in [6.07, 6.45) is 1.47. The van der Waals surface area contributed by atoms with E-state index < -0.39 is 23.9 Å². The Labute approximate surface area is 102 Å². The number of imide groups is 2. The van der Waals surface area contributed by atoms with Gasteiger partial charge in [0.1, 0.15) is 0 Å². The lowest BCUT2D eigenvalue weighted by Gasteiger charge is -2.19. The summed E-state index contributed by atoms with van der Waals surface area (Å²) in [6.45, 7) is 0. The van der Waals surface area contributed by atoms with Crippen molar-refractivity contribution in [2.24, 2.45) is 5.10 Å². The quantitative estimate of drug-likeness (QED) is 0.374. The van der Waals surface area contributed by atoms with Gasteiger partial charge in [-0.05, 0) is 5.56 Å². The molecule has 7 nitrogen and oxygen atoms in total. The molecule has 0 bridgehead atoms. The number of nitrogens with zero attached hydrogens (tertiary/aromatic N) is 1. The second-order valence-corrected chi connectivity index (χ2v) is 3.54. The fourth-order valence-corrected chi connectivity index (χ4v) is 1.36. The Bertz CT molecular complexity index is 492. The number of urea groups is 1. The van der Waals surface area contributed by atoms with Crippen molar-refractivity contribution in [1.29, 1.82) is 0 Å². The van der Waals surface area contributed by atoms with E-state index in [0.717, 1.165) is 5.56 Å². The molecule has 3 N–H and O–H groups in total. The first-order valence-electron chi connectivity index (χ1n) is 5.16. The van der Waals surface area contributed by atoms with Crippen molar-refractivity contribution in [1.82, 2.24) is 16.1 Å². The van der Waals surface area contributed by atoms with Gasteiger partial charge in [0, 0.05) is 0 Å². The van der Waals surface area contributed by atoms with Crippen LogP contribution in [0.2, 0.25) is 0 Å². The maximum atomic E-state index is 11.3. The van der Waals surface area contributed by atoms with Crippen LogP contribution in [-0.4, -0.2) is 30.1 Å². The van der Waals surface area contributed by atoms with Crippen molar-refractivity contribution >= 4 is 24.1 Å². The molecule has 1 aliphatic rings. The van der Waals surface area contributed by atoms with Crippen molar-refractivity contribution in [3.63, 3.8) is 0 Å². The van der Waals surface area contributed by atoms with Gasteiger partial charge in [-0.15, -0.1) is 0 Å². The Morgan fingerprint density at radius 2 is 1.67 bits per heavy atom. The monoisotopic (exact) mass is 246 g/mol. The molecule has 1 aliphatic heterocycles. The Kier molecular flexibility index (Phi) is 3.33. The lowest BCUT2D eigenvalue weighted by Crippen LogP contribution is -2.62. The number of carbonyl (C=O) groups excluding carboxylic acids is 3. The van der Waals surface area contributed by atoms with Crippen LogP contribution in [0.4, 0.5) is 4.79 Å². The van der Waals surface area contributed by atoms with Crippen LogP contribution in [0.5, 0.6) is 0 Å². The van der Waals surface area contributed by atoms with Crippen molar-refractivity contribution in [2.45, 2.75) is 6.04 Å². The van der Waals surface area contributed by atoms with Crippen LogP contribution in [0.25, 0.3) is 0 Å². The Morgan fingerprint density at radius 3 is 2.28 bits per heavy atom. The maximum absolute atomic E-state index is 11.3. The molecule has 1 aromatic rings. The van der Waals surface area contributed by atoms with Crippen molar-refractivity contribution in [3.05, 3.63) is 35.9 Å². The van der Waals surface area contributed by atoms with Gasteiger partial charge in [0.2, 0.25) is 6.04 Å². The van der Waals surface area contributed by atoms with Gasteiger partial charge in [-0.3, -0.25) is 25.6 Å². The molecule has 0 saturated carbocycles. The van der Waals surface area contributed by atoms with Crippen molar-refractivity contribution < 1.29 is 14.4 Å². The normalized spacial score (nSPS) is 16.6. The molecule has 0 radical (unpaired) electrons. The number of hydrogen-bond acceptors (Lipinski definition) is 5. The molecule has 2 rings (SSSR count). The average molecular weight is 246 g/mol. The molecule has 92 valence electrons. The molecule has 0 unspecified atom stereocenters. The Morgan fingerprint density at radius 1 is 1.06 bits per heavy atom. The predicted molar refractivity (Wildman–Crippen MR) is 62.6 cm³/mol. The molecule has 0 aliphatic carbocycles. The topological polar surface area (TPSA) is 99.7 Å². The van der Waals surface area contributed by atoms with E-state index in [1.54, 1.807) is 0 Å². The van der Waals surface area contributed by atoms with E-state index in [1.165, 1.54) is 6.21 Å². The Hall–Kier alpha value is -2.70. The summed E-state index contributed by atoms with van der Waals surface area (Å²) in [5.41, 5.74) is 3.20. The highest BCUT2D eigenvalue weighted by atomic mass is 16.2. The predicted octanol–water partition coefficient (Wildman–Crippen LogP) is -0.655. The van der Waals surface area contributed by atoms with Crippen LogP contribution in [0.15, 0.2) is 35.4 Å². The first-order valence-corrected chi connectivity index (χ1v) is 5.16. The lowest BCUT2D eigenvalue weighted by atomic mass is 10.2. The zero-order valence-corrected chi connectivity index (χ0v) is 9.21. The van der Waals surface area contributed by atoms with E-state index in [2.05, 4.69) is 10.5 Å². The maximum Gasteiger partial charge on any atom is 0.328 e. The van der Waals surface area contributed by atoms with E-state index in [0.29, 0.717) is 0 Å². The van der Waals surface area contributed by atoms with Gasteiger partial charge in [-0.25, -0.2) is 4.79 Å². The van der Waals surface area contributed by atoms with E-state index in [-0.39, 0.29) is 0 Å². The molecule has 0 spiro atoms. The molecular weight excluding hydrogens is 236 g/mol. The minimum Gasteiger partial charge on any atom is -0.288 e. The summed E-state index contributed by atoms with van der Waals surface area (Å²) in [7, 11) is 0. The van der Waals surface area contributed by atoms with Gasteiger partial charge in [-0.2, -0.15) is 5.10 Å². The molecule has 7 heteroatoms. The van der Waals surface area contributed by atoms with Gasteiger partial charge >= 0.3 is 6.03 Å². The highest BCUT2D eigenvalue weighted by Gasteiger charge is 2.33. The second kappa shape index (κ2) is 5.09. The SMILES string of the molecule is O=C1NC(=O)C(N/N=C/c2ccccc2)C(=O)N1. The van der Waals surface area contributed by atoms with Crippen LogP contribution in [0.3, 0.4) is 0 Å². The molecular formula is C11H10N4O3. The van der Waals surface area contributed by atoms with E-state index in [4.69, 9.17) is 0 Å². The molecule has 0 aromatic heterocycles. The molecule has 18 heavy (non-hydrogen) atoms. The number of nitrogens with one attached hydrogen (secondary N) is 3. The zero-order valence-electron chi connectivity index (χ0n) is 9.21. The smallest absolute Gasteiger partial charge is 0.288 e. The number of amides is 4. The first kappa shape index (κ1) is 11.8. The second-order valence-electron chi connectivity index (χ2n) is 3.54. The third kappa shape index (κ3) is 2.70. The fourth-order valence-electron chi connectivity index (χ4n) is 1.36. The summed E-state index contributed by atoms with van der Waals surface area (Å²) in [5, 5.41) is 7.71. The minimum atomic E-state index is -1.21. The minimum absolute atomic E-state index is 0.728. The van der Waals surface area contributed by atoms with Crippen LogP contribution >= 0.6 is 0 Å². The summed E-state index contributed by atoms with van der Waals surface area (Å²) in [6, 6.07) is 7.13. The van der Waals surface area contributed by atoms with E-state index >= 15 is 0 Å². The van der Waals surface area contributed by atoms with E-state index in [9.17, 15) is 14.4 Å². The number of hydrogen-bond donors (Lipinski definition) is 3. The Balaban J connectivity index is 1.98. The van der Waals surface area contributed by atoms with Gasteiger partial charge < -0.3 is 0 Å². The molecule has 1 aromatic carbocycles. The third-order valence-electron chi connectivity index (χ3n) is 2.21. The van der Waals surface area contributed by atoms with Crippen LogP contribution in [-0.2, 0) is 9.59 Å². The number of carbonyl (C=O) groups is 3. The van der Waals surface area contributed by atoms with Crippen LogP contribution in [0.1, 0.15) is 5.56 Å². The van der Waals surface area contributed by atoms with Gasteiger partial charge in [0.15, 0.2) is 0 Å². The number of barbiturate groups is 1. The van der Waals surface area contributed by atoms with Crippen LogP contribution < -0.4 is 16.1 Å². The average Bonchev–Trinajstić information content (AvgIpc) is 2.34. The molecule has 1 fully saturated rings. The van der Waals surface area contributed by atoms with Gasteiger partial charge in [0.05, 0.1) is 6.21 Å². The standard InChI is InChI=1S/C11H10N4O3/c16-9-8(10(17)14-11(18)13-9)15-12-6-7-4-2-1-3-5-7/h1-6,8,15H,(H2,13,14,16,17,18)/b12-6+. The fraction of sp³-hybridized carbons (Fsp3) is 0.0909. The highest BCUT2D eigenvalue weighted by Crippen LogP contribution is 1.95. The van der Waals surface area contributed by atoms with Gasteiger partial charge in [-0.1, -0.05) is 30.3 Å². The molecule has 0 atom stereocenters. The van der Waals surface area contributed by atoms with Crippen molar-refractivity contribution in [2.75, 3.05) is 0 Å². The third-order valence-corrected chi connectivity index (χ3v) is 2.21. The van der Waals surface area contributed by atoms with Crippen molar-refractivity contribution in [3.8, 4) is 0 Å². The summed E-state index contributed by atoms with van der Waals surface area (Å²) in [5.74, 6) is -1.46. The highest BCUT2D eigenvalue weighted by molar-refractivity contribution is 6.18. The summed E-state index contributed by atoms with van der Waals surface area (Å²) >= 11 is 0. The number of hydrazone groups is 1. The van der Waals surface area contributed by atoms with Gasteiger partial charge in [0.25, 0.3) is 11.8 Å². The zero-order chi connectivity index (χ0) is 13.0. The molecule has 1 saturated heterocycles. The van der Waals surface area contributed by atoms with Crippen LogP contribution in [0, 0.1) is 0 Å². The summed E-state index contributed by atoms with van der Waals surface area (Å²) < 4.78 is 0.